The number of benzene rings is 1. The number of rotatable bonds is 8. The molecule has 1 amide bonds. The zero-order chi connectivity index (χ0) is 14.1. The minimum absolute atomic E-state index is 0. The number of nitrogens with two attached hydrogens (primary N) is 1. The lowest BCUT2D eigenvalue weighted by atomic mass is 10.1. The van der Waals surface area contributed by atoms with Crippen molar-refractivity contribution in [1.82, 2.24) is 5.32 Å². The topological polar surface area (TPSA) is 55.1 Å². The quantitative estimate of drug-likeness (QED) is 0.720. The molecule has 0 aromatic heterocycles. The van der Waals surface area contributed by atoms with E-state index in [2.05, 4.69) is 5.32 Å². The number of carbonyl (C=O) groups excluding carboxylic acids is 1. The molecule has 3 nitrogen and oxygen atoms in total. The standard InChI is InChI=1S/C14H20ClFN2O.ClH/c15-12-9-11(6-7-13(12)16)10-18-14(19)5-3-1-2-4-8-17;/h6-7,9H,1-5,8,10,17H2,(H,18,19);1H. The van der Waals surface area contributed by atoms with Crippen LogP contribution in [0.15, 0.2) is 18.2 Å². The highest BCUT2D eigenvalue weighted by Gasteiger charge is 2.03. The number of nitrogens with one attached hydrogen (secondary N) is 1. The minimum atomic E-state index is -0.448. The molecule has 0 aliphatic rings. The molecule has 0 fully saturated rings. The average molecular weight is 323 g/mol. The largest absolute Gasteiger partial charge is 0.352 e. The second kappa shape index (κ2) is 10.9. The summed E-state index contributed by atoms with van der Waals surface area (Å²) < 4.78 is 12.9. The molecule has 114 valence electrons. The normalized spacial score (nSPS) is 9.95. The fraction of sp³-hybridized carbons (Fsp3) is 0.500. The van der Waals surface area contributed by atoms with Gasteiger partial charge in [0, 0.05) is 13.0 Å². The Balaban J connectivity index is 0.00000361. The first-order valence-corrected chi connectivity index (χ1v) is 6.92. The van der Waals surface area contributed by atoms with Crippen LogP contribution in [0.25, 0.3) is 0 Å². The highest BCUT2D eigenvalue weighted by molar-refractivity contribution is 6.30. The molecule has 6 heteroatoms. The highest BCUT2D eigenvalue weighted by Crippen LogP contribution is 2.15. The maximum absolute atomic E-state index is 12.9. The fourth-order valence-corrected chi connectivity index (χ4v) is 1.93. The zero-order valence-electron chi connectivity index (χ0n) is 11.3. The van der Waals surface area contributed by atoms with Crippen LogP contribution in [0, 0.1) is 5.82 Å². The summed E-state index contributed by atoms with van der Waals surface area (Å²) in [5.41, 5.74) is 6.18. The number of halogens is 3. The number of amides is 1. The predicted molar refractivity (Wildman–Crippen MR) is 82.6 cm³/mol. The minimum Gasteiger partial charge on any atom is -0.352 e. The molecule has 0 saturated heterocycles. The van der Waals surface area contributed by atoms with Crippen LogP contribution in [0.4, 0.5) is 4.39 Å². The first-order valence-electron chi connectivity index (χ1n) is 6.54. The third kappa shape index (κ3) is 7.68. The highest BCUT2D eigenvalue weighted by atomic mass is 35.5. The van der Waals surface area contributed by atoms with Gasteiger partial charge >= 0.3 is 0 Å². The molecule has 0 bridgehead atoms. The van der Waals surface area contributed by atoms with E-state index < -0.39 is 5.82 Å². The van der Waals surface area contributed by atoms with Crippen LogP contribution in [0.1, 0.15) is 37.7 Å². The molecular formula is C14H21Cl2FN2O. The summed E-state index contributed by atoms with van der Waals surface area (Å²) >= 11 is 5.66. The van der Waals surface area contributed by atoms with E-state index in [-0.39, 0.29) is 23.3 Å². The van der Waals surface area contributed by atoms with Crippen LogP contribution in [-0.2, 0) is 11.3 Å². The Bertz CT molecular complexity index is 416. The maximum Gasteiger partial charge on any atom is 0.220 e. The molecule has 0 unspecified atom stereocenters. The van der Waals surface area contributed by atoms with Gasteiger partial charge in [-0.25, -0.2) is 4.39 Å². The number of hydrogen-bond acceptors (Lipinski definition) is 2. The summed E-state index contributed by atoms with van der Waals surface area (Å²) in [6.07, 6.45) is 4.48. The van der Waals surface area contributed by atoms with Crippen molar-refractivity contribution in [1.29, 1.82) is 0 Å². The second-order valence-electron chi connectivity index (χ2n) is 4.48. The molecule has 0 saturated carbocycles. The molecule has 1 aromatic carbocycles. The van der Waals surface area contributed by atoms with Gasteiger partial charge in [-0.1, -0.05) is 30.5 Å². The first kappa shape index (κ1) is 19.2. The van der Waals surface area contributed by atoms with Crippen LogP contribution in [0.5, 0.6) is 0 Å². The Morgan fingerprint density at radius 3 is 2.60 bits per heavy atom. The van der Waals surface area contributed by atoms with E-state index in [1.54, 1.807) is 6.07 Å². The molecule has 0 heterocycles. The Labute approximate surface area is 130 Å². The van der Waals surface area contributed by atoms with Crippen LogP contribution < -0.4 is 11.1 Å². The molecule has 1 aromatic rings. The maximum atomic E-state index is 12.9. The van der Waals surface area contributed by atoms with Crippen molar-refractivity contribution in [3.05, 3.63) is 34.6 Å². The molecule has 20 heavy (non-hydrogen) atoms. The van der Waals surface area contributed by atoms with Gasteiger partial charge in [-0.15, -0.1) is 12.4 Å². The van der Waals surface area contributed by atoms with Gasteiger partial charge in [0.05, 0.1) is 5.02 Å². The predicted octanol–water partition coefficient (Wildman–Crippen LogP) is 3.43. The SMILES string of the molecule is Cl.NCCCCCCC(=O)NCc1ccc(F)c(Cl)c1. The lowest BCUT2D eigenvalue weighted by molar-refractivity contribution is -0.121. The average Bonchev–Trinajstić information content (AvgIpc) is 2.40. The van der Waals surface area contributed by atoms with Gasteiger partial charge < -0.3 is 11.1 Å². The third-order valence-electron chi connectivity index (χ3n) is 2.83. The van der Waals surface area contributed by atoms with Crippen molar-refractivity contribution in [2.24, 2.45) is 5.73 Å². The van der Waals surface area contributed by atoms with Gasteiger partial charge in [0.2, 0.25) is 5.91 Å². The smallest absolute Gasteiger partial charge is 0.220 e. The van der Waals surface area contributed by atoms with Gasteiger partial charge in [0.25, 0.3) is 0 Å². The van der Waals surface area contributed by atoms with Crippen molar-refractivity contribution < 1.29 is 9.18 Å². The first-order chi connectivity index (χ1) is 9.13. The molecule has 1 rings (SSSR count). The van der Waals surface area contributed by atoms with Gasteiger partial charge in [-0.2, -0.15) is 0 Å². The van der Waals surface area contributed by atoms with E-state index in [1.165, 1.54) is 12.1 Å². The van der Waals surface area contributed by atoms with Crippen LogP contribution in [0.2, 0.25) is 5.02 Å². The summed E-state index contributed by atoms with van der Waals surface area (Å²) in [7, 11) is 0. The van der Waals surface area contributed by atoms with Crippen molar-refractivity contribution >= 4 is 29.9 Å². The number of carbonyl (C=O) groups is 1. The van der Waals surface area contributed by atoms with Crippen molar-refractivity contribution in [3.63, 3.8) is 0 Å². The Morgan fingerprint density at radius 2 is 1.95 bits per heavy atom. The van der Waals surface area contributed by atoms with Crippen molar-refractivity contribution in [2.75, 3.05) is 6.54 Å². The molecule has 0 radical (unpaired) electrons. The van der Waals surface area contributed by atoms with E-state index in [4.69, 9.17) is 17.3 Å². The van der Waals surface area contributed by atoms with Crippen LogP contribution in [-0.4, -0.2) is 12.5 Å². The lowest BCUT2D eigenvalue weighted by Gasteiger charge is -2.06. The Morgan fingerprint density at radius 1 is 1.25 bits per heavy atom. The van der Waals surface area contributed by atoms with Gasteiger partial charge in [0.1, 0.15) is 5.82 Å². The van der Waals surface area contributed by atoms with Crippen molar-refractivity contribution in [2.45, 2.75) is 38.6 Å². The van der Waals surface area contributed by atoms with E-state index in [1.807, 2.05) is 0 Å². The van der Waals surface area contributed by atoms with Crippen molar-refractivity contribution in [3.8, 4) is 0 Å². The summed E-state index contributed by atoms with van der Waals surface area (Å²) in [5.74, 6) is -0.440. The molecule has 0 aliphatic carbocycles. The molecule has 0 atom stereocenters. The Kier molecular flexibility index (Phi) is 10.4. The molecule has 3 N–H and O–H groups in total. The van der Waals surface area contributed by atoms with Gasteiger partial charge in [-0.3, -0.25) is 4.79 Å². The summed E-state index contributed by atoms with van der Waals surface area (Å²) in [4.78, 5) is 11.6. The third-order valence-corrected chi connectivity index (χ3v) is 3.12. The molecular weight excluding hydrogens is 302 g/mol. The van der Waals surface area contributed by atoms with E-state index >= 15 is 0 Å². The summed E-state index contributed by atoms with van der Waals surface area (Å²) in [6, 6.07) is 4.44. The van der Waals surface area contributed by atoms with E-state index in [9.17, 15) is 9.18 Å². The number of hydrogen-bond donors (Lipinski definition) is 2. The van der Waals surface area contributed by atoms with Gasteiger partial charge in [0.15, 0.2) is 0 Å². The van der Waals surface area contributed by atoms with Gasteiger partial charge in [-0.05, 0) is 37.1 Å². The molecule has 0 spiro atoms. The Hall–Kier alpha value is -0.840. The monoisotopic (exact) mass is 322 g/mol. The second-order valence-corrected chi connectivity index (χ2v) is 4.89. The van der Waals surface area contributed by atoms with E-state index in [0.717, 1.165) is 31.2 Å². The summed E-state index contributed by atoms with van der Waals surface area (Å²) in [5, 5.41) is 2.87. The molecule has 0 aliphatic heterocycles. The summed E-state index contributed by atoms with van der Waals surface area (Å²) in [6.45, 7) is 1.08. The zero-order valence-corrected chi connectivity index (χ0v) is 12.9. The van der Waals surface area contributed by atoms with Crippen LogP contribution in [0.3, 0.4) is 0 Å². The lowest BCUT2D eigenvalue weighted by Crippen LogP contribution is -2.22. The van der Waals surface area contributed by atoms with E-state index in [0.29, 0.717) is 19.5 Å². The fourth-order valence-electron chi connectivity index (χ4n) is 1.72. The van der Waals surface area contributed by atoms with Crippen LogP contribution >= 0.6 is 24.0 Å². The number of unbranched alkanes of at least 4 members (excludes halogenated alkanes) is 3.